The molecule has 2 atom stereocenters. The summed E-state index contributed by atoms with van der Waals surface area (Å²) in [6, 6.07) is 7.56. The average molecular weight is 373 g/mol. The molecule has 1 aliphatic rings. The first-order chi connectivity index (χ1) is 12.6. The van der Waals surface area contributed by atoms with Crippen molar-refractivity contribution in [3.8, 4) is 0 Å². The highest BCUT2D eigenvalue weighted by atomic mass is 35.5. The fourth-order valence-corrected chi connectivity index (χ4v) is 3.85. The molecule has 1 aromatic carbocycles. The summed E-state index contributed by atoms with van der Waals surface area (Å²) < 4.78 is 9.03. The van der Waals surface area contributed by atoms with Gasteiger partial charge in [-0.05, 0) is 37.5 Å². The molecule has 3 heterocycles. The van der Waals surface area contributed by atoms with Crippen LogP contribution in [0.2, 0.25) is 5.02 Å². The van der Waals surface area contributed by atoms with Crippen molar-refractivity contribution >= 4 is 22.5 Å². The molecule has 4 rings (SSSR count). The van der Waals surface area contributed by atoms with Crippen molar-refractivity contribution in [1.82, 2.24) is 19.3 Å². The van der Waals surface area contributed by atoms with Crippen LogP contribution in [0.4, 0.5) is 0 Å². The predicted octanol–water partition coefficient (Wildman–Crippen LogP) is 3.41. The Morgan fingerprint density at radius 3 is 2.96 bits per heavy atom. The number of hydrogen-bond acceptors (Lipinski definition) is 4. The third kappa shape index (κ3) is 2.93. The zero-order chi connectivity index (χ0) is 18.3. The Kier molecular flexibility index (Phi) is 4.54. The number of rotatable bonds is 4. The summed E-state index contributed by atoms with van der Waals surface area (Å²) in [6.45, 7) is 5.69. The largest absolute Gasteiger partial charge is 0.370 e. The van der Waals surface area contributed by atoms with Gasteiger partial charge >= 0.3 is 5.69 Å². The van der Waals surface area contributed by atoms with E-state index in [2.05, 4.69) is 17.0 Å². The number of aromatic nitrogens is 4. The first-order valence-electron chi connectivity index (χ1n) is 8.90. The molecule has 0 saturated carbocycles. The van der Waals surface area contributed by atoms with Gasteiger partial charge in [-0.3, -0.25) is 9.55 Å². The van der Waals surface area contributed by atoms with E-state index in [1.807, 2.05) is 31.2 Å². The Bertz CT molecular complexity index is 1010. The van der Waals surface area contributed by atoms with Gasteiger partial charge in [-0.2, -0.15) is 5.10 Å². The predicted molar refractivity (Wildman–Crippen MR) is 100 cm³/mol. The third-order valence-corrected chi connectivity index (χ3v) is 5.20. The normalized spacial score (nSPS) is 20.1. The molecule has 0 amide bonds. The Morgan fingerprint density at radius 1 is 1.38 bits per heavy atom. The lowest BCUT2D eigenvalue weighted by atomic mass is 10.0. The zero-order valence-corrected chi connectivity index (χ0v) is 15.6. The maximum Gasteiger partial charge on any atom is 0.346 e. The highest BCUT2D eigenvalue weighted by Gasteiger charge is 2.31. The van der Waals surface area contributed by atoms with Crippen molar-refractivity contribution in [2.45, 2.75) is 39.5 Å². The van der Waals surface area contributed by atoms with Gasteiger partial charge in [0, 0.05) is 35.3 Å². The lowest BCUT2D eigenvalue weighted by Crippen LogP contribution is -2.26. The summed E-state index contributed by atoms with van der Waals surface area (Å²) in [5.41, 5.74) is 1.58. The Balaban J connectivity index is 1.78. The molecular formula is C19H21ClN4O2. The minimum Gasteiger partial charge on any atom is -0.370 e. The third-order valence-electron chi connectivity index (χ3n) is 4.98. The van der Waals surface area contributed by atoms with Gasteiger partial charge in [0.25, 0.3) is 0 Å². The van der Waals surface area contributed by atoms with E-state index >= 15 is 0 Å². The van der Waals surface area contributed by atoms with Gasteiger partial charge in [-0.1, -0.05) is 24.6 Å². The molecule has 0 spiro atoms. The Morgan fingerprint density at radius 2 is 2.23 bits per heavy atom. The van der Waals surface area contributed by atoms with E-state index in [0.29, 0.717) is 36.5 Å². The molecule has 0 radical (unpaired) electrons. The minimum atomic E-state index is -0.130. The van der Waals surface area contributed by atoms with Crippen molar-refractivity contribution in [3.63, 3.8) is 0 Å². The molecule has 0 unspecified atom stereocenters. The molecule has 0 aliphatic carbocycles. The smallest absolute Gasteiger partial charge is 0.346 e. The number of hydrogen-bond donors (Lipinski definition) is 0. The molecular weight excluding hydrogens is 352 g/mol. The van der Waals surface area contributed by atoms with Crippen LogP contribution in [-0.4, -0.2) is 25.9 Å². The van der Waals surface area contributed by atoms with Crippen LogP contribution >= 0.6 is 11.6 Å². The highest BCUT2D eigenvalue weighted by molar-refractivity contribution is 6.31. The van der Waals surface area contributed by atoms with E-state index in [-0.39, 0.29) is 11.8 Å². The van der Waals surface area contributed by atoms with Gasteiger partial charge in [-0.15, -0.1) is 0 Å². The topological polar surface area (TPSA) is 61.9 Å². The highest BCUT2D eigenvalue weighted by Crippen LogP contribution is 2.32. The lowest BCUT2D eigenvalue weighted by Gasteiger charge is -2.13. The lowest BCUT2D eigenvalue weighted by molar-refractivity contribution is 0.0836. The second-order valence-corrected chi connectivity index (χ2v) is 7.18. The van der Waals surface area contributed by atoms with E-state index in [1.165, 1.54) is 4.68 Å². The number of benzene rings is 1. The van der Waals surface area contributed by atoms with Crippen LogP contribution in [0.1, 0.15) is 37.8 Å². The standard InChI is InChI=1S/C19H21ClN4O2/c1-3-23-18(17-12(2)6-8-26-17)22-24(19(23)25)11-14-10-15(20)9-13-5-4-7-21-16(13)14/h4-5,7,9-10,12,17H,3,6,8,11H2,1-2H3/t12-,17+/m1/s1. The van der Waals surface area contributed by atoms with Crippen molar-refractivity contribution in [1.29, 1.82) is 0 Å². The first kappa shape index (κ1) is 17.2. The molecule has 0 N–H and O–H groups in total. The zero-order valence-electron chi connectivity index (χ0n) is 14.9. The van der Waals surface area contributed by atoms with Gasteiger partial charge in [0.2, 0.25) is 0 Å². The van der Waals surface area contributed by atoms with Crippen LogP contribution in [0.15, 0.2) is 35.3 Å². The van der Waals surface area contributed by atoms with Gasteiger partial charge in [0.15, 0.2) is 5.82 Å². The van der Waals surface area contributed by atoms with Crippen LogP contribution in [-0.2, 0) is 17.8 Å². The Labute approximate surface area is 156 Å². The van der Waals surface area contributed by atoms with Crippen molar-refractivity contribution in [2.75, 3.05) is 6.61 Å². The van der Waals surface area contributed by atoms with Gasteiger partial charge in [0.05, 0.1) is 12.1 Å². The van der Waals surface area contributed by atoms with E-state index in [4.69, 9.17) is 16.3 Å². The molecule has 26 heavy (non-hydrogen) atoms. The number of nitrogens with zero attached hydrogens (tertiary/aromatic N) is 4. The summed E-state index contributed by atoms with van der Waals surface area (Å²) in [5, 5.41) is 6.19. The van der Waals surface area contributed by atoms with Crippen molar-refractivity contribution in [2.24, 2.45) is 5.92 Å². The first-order valence-corrected chi connectivity index (χ1v) is 9.28. The fraction of sp³-hybridized carbons (Fsp3) is 0.421. The second kappa shape index (κ2) is 6.85. The van der Waals surface area contributed by atoms with Gasteiger partial charge in [-0.25, -0.2) is 9.48 Å². The summed E-state index contributed by atoms with van der Waals surface area (Å²) in [6.07, 6.45) is 2.60. The second-order valence-electron chi connectivity index (χ2n) is 6.74. The maximum atomic E-state index is 12.9. The molecule has 136 valence electrons. The SMILES string of the molecule is CCn1c([C@H]2OCC[C@H]2C)nn(Cc2cc(Cl)cc3cccnc23)c1=O. The van der Waals surface area contributed by atoms with E-state index in [9.17, 15) is 4.79 Å². The maximum absolute atomic E-state index is 12.9. The molecule has 3 aromatic rings. The quantitative estimate of drug-likeness (QED) is 0.704. The minimum absolute atomic E-state index is 0.127. The monoisotopic (exact) mass is 372 g/mol. The Hall–Kier alpha value is -2.18. The van der Waals surface area contributed by atoms with Crippen LogP contribution < -0.4 is 5.69 Å². The van der Waals surface area contributed by atoms with Gasteiger partial charge < -0.3 is 4.74 Å². The number of ether oxygens (including phenoxy) is 1. The van der Waals surface area contributed by atoms with Crippen molar-refractivity contribution in [3.05, 3.63) is 57.4 Å². The van der Waals surface area contributed by atoms with Crippen molar-refractivity contribution < 1.29 is 4.74 Å². The van der Waals surface area contributed by atoms with E-state index in [1.54, 1.807) is 10.8 Å². The summed E-state index contributed by atoms with van der Waals surface area (Å²) in [5.74, 6) is 1.06. The molecule has 6 nitrogen and oxygen atoms in total. The summed E-state index contributed by atoms with van der Waals surface area (Å²) >= 11 is 6.26. The summed E-state index contributed by atoms with van der Waals surface area (Å²) in [7, 11) is 0. The van der Waals surface area contributed by atoms with E-state index in [0.717, 1.165) is 22.9 Å². The molecule has 0 bridgehead atoms. The van der Waals surface area contributed by atoms with Crippen LogP contribution in [0.25, 0.3) is 10.9 Å². The number of halogens is 1. The molecule has 1 fully saturated rings. The molecule has 2 aromatic heterocycles. The van der Waals surface area contributed by atoms with Crippen LogP contribution in [0, 0.1) is 5.92 Å². The van der Waals surface area contributed by atoms with Crippen LogP contribution in [0.5, 0.6) is 0 Å². The molecule has 7 heteroatoms. The summed E-state index contributed by atoms with van der Waals surface area (Å²) in [4.78, 5) is 17.3. The van der Waals surface area contributed by atoms with E-state index < -0.39 is 0 Å². The van der Waals surface area contributed by atoms with Gasteiger partial charge in [0.1, 0.15) is 6.10 Å². The number of fused-ring (bicyclic) bond motifs is 1. The molecule has 1 aliphatic heterocycles. The molecule has 1 saturated heterocycles. The number of pyridine rings is 1. The van der Waals surface area contributed by atoms with Crippen LogP contribution in [0.3, 0.4) is 0 Å². The average Bonchev–Trinajstić information content (AvgIpc) is 3.18. The fourth-order valence-electron chi connectivity index (χ4n) is 3.60.